The fraction of sp³-hybridized carbons (Fsp3) is 0.133. The Balaban J connectivity index is 2.19. The lowest BCUT2D eigenvalue weighted by Gasteiger charge is -2.18. The second-order valence-electron chi connectivity index (χ2n) is 4.49. The summed E-state index contributed by atoms with van der Waals surface area (Å²) in [5.41, 5.74) is 7.55. The molecule has 4 N–H and O–H groups in total. The maximum Gasteiger partial charge on any atom is 0.148 e. The Kier molecular flexibility index (Phi) is 5.47. The average molecular weight is 369 g/mol. The molecule has 0 aromatic heterocycles. The highest BCUT2D eigenvalue weighted by Gasteiger charge is 2.16. The van der Waals surface area contributed by atoms with E-state index < -0.39 is 0 Å². The lowest BCUT2D eigenvalue weighted by Crippen LogP contribution is -2.28. The summed E-state index contributed by atoms with van der Waals surface area (Å²) in [4.78, 5) is 0. The maximum absolute atomic E-state index is 8.96. The van der Waals surface area contributed by atoms with E-state index in [2.05, 4.69) is 26.4 Å². The first-order chi connectivity index (χ1) is 10.1. The number of halogens is 2. The molecule has 0 aliphatic carbocycles. The number of anilines is 1. The van der Waals surface area contributed by atoms with Gasteiger partial charge in [-0.3, -0.25) is 0 Å². The number of hydrogen-bond donors (Lipinski definition) is 3. The largest absolute Gasteiger partial charge is 0.409 e. The van der Waals surface area contributed by atoms with Crippen molar-refractivity contribution in [2.75, 3.05) is 11.9 Å². The van der Waals surface area contributed by atoms with Crippen molar-refractivity contribution in [3.8, 4) is 0 Å². The molecule has 0 saturated carbocycles. The highest BCUT2D eigenvalue weighted by atomic mass is 79.9. The van der Waals surface area contributed by atoms with E-state index in [9.17, 15) is 0 Å². The molecule has 0 aliphatic rings. The van der Waals surface area contributed by atoms with Gasteiger partial charge in [0.1, 0.15) is 5.84 Å². The molecule has 1 atom stereocenters. The zero-order valence-corrected chi connectivity index (χ0v) is 13.5. The van der Waals surface area contributed by atoms with Crippen molar-refractivity contribution in [1.82, 2.24) is 0 Å². The van der Waals surface area contributed by atoms with Gasteiger partial charge in [0.25, 0.3) is 0 Å². The third-order valence-electron chi connectivity index (χ3n) is 3.10. The van der Waals surface area contributed by atoms with E-state index in [1.807, 2.05) is 42.5 Å². The minimum Gasteiger partial charge on any atom is -0.409 e. The number of benzene rings is 2. The summed E-state index contributed by atoms with van der Waals surface area (Å²) in [7, 11) is 0. The molecule has 21 heavy (non-hydrogen) atoms. The van der Waals surface area contributed by atoms with Crippen molar-refractivity contribution in [1.29, 1.82) is 0 Å². The minimum atomic E-state index is -0.244. The third-order valence-corrected chi connectivity index (χ3v) is 3.92. The number of amidine groups is 1. The van der Waals surface area contributed by atoms with Gasteiger partial charge in [-0.25, -0.2) is 0 Å². The second-order valence-corrected chi connectivity index (χ2v) is 5.82. The van der Waals surface area contributed by atoms with Crippen LogP contribution >= 0.6 is 27.5 Å². The Morgan fingerprint density at radius 2 is 2.00 bits per heavy atom. The quantitative estimate of drug-likeness (QED) is 0.323. The van der Waals surface area contributed by atoms with Gasteiger partial charge in [0.15, 0.2) is 0 Å². The molecule has 2 rings (SSSR count). The molecular weight excluding hydrogens is 354 g/mol. The number of oxime groups is 1. The van der Waals surface area contributed by atoms with Crippen LogP contribution in [0.1, 0.15) is 11.5 Å². The summed E-state index contributed by atoms with van der Waals surface area (Å²) in [6.07, 6.45) is 0. The molecule has 1 unspecified atom stereocenters. The first kappa shape index (κ1) is 15.7. The van der Waals surface area contributed by atoms with Crippen LogP contribution in [0, 0.1) is 0 Å². The van der Waals surface area contributed by atoms with Gasteiger partial charge in [0.2, 0.25) is 0 Å². The number of nitrogens with two attached hydrogens (primary N) is 1. The maximum atomic E-state index is 8.96. The average Bonchev–Trinajstić information content (AvgIpc) is 2.51. The van der Waals surface area contributed by atoms with Crippen molar-refractivity contribution >= 4 is 39.1 Å². The van der Waals surface area contributed by atoms with Crippen LogP contribution in [-0.2, 0) is 0 Å². The summed E-state index contributed by atoms with van der Waals surface area (Å²) >= 11 is 9.55. The van der Waals surface area contributed by atoms with Gasteiger partial charge in [-0.15, -0.1) is 0 Å². The summed E-state index contributed by atoms with van der Waals surface area (Å²) in [6, 6.07) is 15.2. The monoisotopic (exact) mass is 367 g/mol. The highest BCUT2D eigenvalue weighted by Crippen LogP contribution is 2.27. The number of rotatable bonds is 5. The SMILES string of the molecule is NC(=NO)C(CNc1cc(Br)ccc1Cl)c1ccccc1. The van der Waals surface area contributed by atoms with Gasteiger partial charge in [-0.1, -0.05) is 63.0 Å². The van der Waals surface area contributed by atoms with E-state index in [0.717, 1.165) is 15.7 Å². The molecule has 6 heteroatoms. The van der Waals surface area contributed by atoms with Crippen LogP contribution in [0.4, 0.5) is 5.69 Å². The van der Waals surface area contributed by atoms with Gasteiger partial charge >= 0.3 is 0 Å². The van der Waals surface area contributed by atoms with Crippen LogP contribution in [0.5, 0.6) is 0 Å². The smallest absolute Gasteiger partial charge is 0.148 e. The summed E-state index contributed by atoms with van der Waals surface area (Å²) in [5.74, 6) is -0.0916. The standard InChI is InChI=1S/C15H15BrClN3O/c16-11-6-7-13(17)14(8-11)19-9-12(15(18)20-21)10-4-2-1-3-5-10/h1-8,12,19,21H,9H2,(H2,18,20). The number of nitrogens with zero attached hydrogens (tertiary/aromatic N) is 1. The summed E-state index contributed by atoms with van der Waals surface area (Å²) < 4.78 is 0.925. The fourth-order valence-electron chi connectivity index (χ4n) is 1.99. The van der Waals surface area contributed by atoms with E-state index in [1.54, 1.807) is 6.07 Å². The summed E-state index contributed by atoms with van der Waals surface area (Å²) in [5, 5.41) is 15.9. The van der Waals surface area contributed by atoms with E-state index in [1.165, 1.54) is 0 Å². The van der Waals surface area contributed by atoms with Crippen LogP contribution in [0.3, 0.4) is 0 Å². The number of nitrogens with one attached hydrogen (secondary N) is 1. The molecule has 0 spiro atoms. The van der Waals surface area contributed by atoms with Crippen LogP contribution in [0.2, 0.25) is 5.02 Å². The predicted molar refractivity (Wildman–Crippen MR) is 90.2 cm³/mol. The molecule has 110 valence electrons. The van der Waals surface area contributed by atoms with Gasteiger partial charge < -0.3 is 16.3 Å². The molecule has 2 aromatic carbocycles. The summed E-state index contributed by atoms with van der Waals surface area (Å²) in [6.45, 7) is 0.468. The lowest BCUT2D eigenvalue weighted by atomic mass is 9.98. The fourth-order valence-corrected chi connectivity index (χ4v) is 2.54. The lowest BCUT2D eigenvalue weighted by molar-refractivity contribution is 0.316. The molecule has 0 heterocycles. The van der Waals surface area contributed by atoms with Crippen molar-refractivity contribution in [3.63, 3.8) is 0 Å². The van der Waals surface area contributed by atoms with Crippen molar-refractivity contribution in [2.24, 2.45) is 10.9 Å². The third kappa shape index (κ3) is 4.12. The molecule has 4 nitrogen and oxygen atoms in total. The minimum absolute atomic E-state index is 0.153. The highest BCUT2D eigenvalue weighted by molar-refractivity contribution is 9.10. The van der Waals surface area contributed by atoms with Crippen molar-refractivity contribution < 1.29 is 5.21 Å². The van der Waals surface area contributed by atoms with E-state index >= 15 is 0 Å². The topological polar surface area (TPSA) is 70.6 Å². The zero-order chi connectivity index (χ0) is 15.2. The molecule has 0 saturated heterocycles. The van der Waals surface area contributed by atoms with Crippen molar-refractivity contribution in [2.45, 2.75) is 5.92 Å². The Morgan fingerprint density at radius 1 is 1.29 bits per heavy atom. The Labute approximate surface area is 136 Å². The Bertz CT molecular complexity index is 634. The van der Waals surface area contributed by atoms with E-state index in [-0.39, 0.29) is 11.8 Å². The van der Waals surface area contributed by atoms with Gasteiger partial charge in [-0.2, -0.15) is 0 Å². The van der Waals surface area contributed by atoms with Gasteiger partial charge in [0, 0.05) is 11.0 Å². The molecule has 0 radical (unpaired) electrons. The van der Waals surface area contributed by atoms with Crippen LogP contribution in [-0.4, -0.2) is 17.6 Å². The second kappa shape index (κ2) is 7.33. The van der Waals surface area contributed by atoms with Gasteiger partial charge in [-0.05, 0) is 23.8 Å². The Morgan fingerprint density at radius 3 is 2.67 bits per heavy atom. The van der Waals surface area contributed by atoms with Crippen molar-refractivity contribution in [3.05, 3.63) is 63.6 Å². The first-order valence-corrected chi connectivity index (χ1v) is 7.50. The molecule has 0 aliphatic heterocycles. The van der Waals surface area contributed by atoms with Crippen LogP contribution in [0.15, 0.2) is 58.2 Å². The first-order valence-electron chi connectivity index (χ1n) is 6.33. The van der Waals surface area contributed by atoms with Gasteiger partial charge in [0.05, 0.1) is 16.6 Å². The molecule has 0 bridgehead atoms. The number of hydrogen-bond acceptors (Lipinski definition) is 3. The normalized spacial score (nSPS) is 13.0. The van der Waals surface area contributed by atoms with Crippen LogP contribution in [0.25, 0.3) is 0 Å². The zero-order valence-electron chi connectivity index (χ0n) is 11.1. The van der Waals surface area contributed by atoms with Crippen LogP contribution < -0.4 is 11.1 Å². The molecule has 0 amide bonds. The molecule has 2 aromatic rings. The van der Waals surface area contributed by atoms with E-state index in [4.69, 9.17) is 22.5 Å². The van der Waals surface area contributed by atoms with E-state index in [0.29, 0.717) is 11.6 Å². The molecule has 0 fully saturated rings. The predicted octanol–water partition coefficient (Wildman–Crippen LogP) is 4.04. The Hall–Kier alpha value is -1.72. The molecular formula is C15H15BrClN3O.